The minimum absolute atomic E-state index is 0.165. The van der Waals surface area contributed by atoms with E-state index in [1.54, 1.807) is 0 Å². The van der Waals surface area contributed by atoms with Gasteiger partial charge in [-0.3, -0.25) is 0 Å². The van der Waals surface area contributed by atoms with Gasteiger partial charge in [-0.2, -0.15) is 4.98 Å². The van der Waals surface area contributed by atoms with E-state index in [-0.39, 0.29) is 5.95 Å². The first-order chi connectivity index (χ1) is 12.2. The molecule has 5 nitrogen and oxygen atoms in total. The van der Waals surface area contributed by atoms with Gasteiger partial charge < -0.3 is 16.2 Å². The molecule has 3 aromatic carbocycles. The average molecular weight is 330 g/mol. The molecule has 0 aliphatic heterocycles. The summed E-state index contributed by atoms with van der Waals surface area (Å²) in [5.41, 5.74) is 13.6. The molecule has 25 heavy (non-hydrogen) atoms. The maximum Gasteiger partial charge on any atom is 0.222 e. The molecular weight excluding hydrogens is 312 g/mol. The first-order valence-electron chi connectivity index (χ1n) is 8.13. The minimum atomic E-state index is 0.165. The molecule has 0 fully saturated rings. The highest BCUT2D eigenvalue weighted by molar-refractivity contribution is 5.94. The molecule has 0 saturated heterocycles. The lowest BCUT2D eigenvalue weighted by molar-refractivity contribution is 0.326. The van der Waals surface area contributed by atoms with Crippen molar-refractivity contribution in [2.45, 2.75) is 6.42 Å². The van der Waals surface area contributed by atoms with Crippen molar-refractivity contribution in [2.75, 3.05) is 18.1 Å². The van der Waals surface area contributed by atoms with Crippen molar-refractivity contribution in [1.29, 1.82) is 0 Å². The van der Waals surface area contributed by atoms with Gasteiger partial charge in [0.2, 0.25) is 5.95 Å². The number of ether oxygens (including phenoxy) is 1. The number of fused-ring (bicyclic) bond motifs is 2. The van der Waals surface area contributed by atoms with Crippen molar-refractivity contribution >= 4 is 33.4 Å². The smallest absolute Gasteiger partial charge is 0.222 e. The van der Waals surface area contributed by atoms with Gasteiger partial charge in [-0.15, -0.1) is 0 Å². The zero-order valence-electron chi connectivity index (χ0n) is 13.6. The Hall–Kier alpha value is -3.34. The number of benzene rings is 3. The molecule has 0 unspecified atom stereocenters. The van der Waals surface area contributed by atoms with E-state index in [0.717, 1.165) is 6.42 Å². The third-order valence-electron chi connectivity index (χ3n) is 4.24. The molecule has 0 atom stereocenters. The Balaban J connectivity index is 1.59. The van der Waals surface area contributed by atoms with Crippen molar-refractivity contribution in [3.63, 3.8) is 0 Å². The second-order valence-electron chi connectivity index (χ2n) is 5.85. The molecule has 4 rings (SSSR count). The van der Waals surface area contributed by atoms with E-state index in [1.807, 2.05) is 24.3 Å². The van der Waals surface area contributed by atoms with Crippen LogP contribution in [0.4, 0.5) is 11.8 Å². The number of aromatic nitrogens is 2. The van der Waals surface area contributed by atoms with Gasteiger partial charge in [-0.1, -0.05) is 48.5 Å². The standard InChI is InChI=1S/C20H18N4O/c21-19-18-16(23-20(22)24-19)9-4-10-17(18)25-12-11-14-7-3-6-13-5-1-2-8-15(13)14/h1-10H,11-12H2,(H4,21,22,23,24). The molecule has 124 valence electrons. The number of nitrogen functional groups attached to an aromatic ring is 2. The van der Waals surface area contributed by atoms with Gasteiger partial charge in [-0.05, 0) is 28.5 Å². The third-order valence-corrected chi connectivity index (χ3v) is 4.24. The average Bonchev–Trinajstić information content (AvgIpc) is 2.61. The summed E-state index contributed by atoms with van der Waals surface area (Å²) in [6.07, 6.45) is 0.799. The van der Waals surface area contributed by atoms with Gasteiger partial charge >= 0.3 is 0 Å². The van der Waals surface area contributed by atoms with Gasteiger partial charge in [0, 0.05) is 6.42 Å². The summed E-state index contributed by atoms with van der Waals surface area (Å²) in [7, 11) is 0. The lowest BCUT2D eigenvalue weighted by Crippen LogP contribution is -2.05. The van der Waals surface area contributed by atoms with Crippen LogP contribution < -0.4 is 16.2 Å². The number of hydrogen-bond acceptors (Lipinski definition) is 5. The van der Waals surface area contributed by atoms with Crippen LogP contribution >= 0.6 is 0 Å². The molecule has 0 amide bonds. The van der Waals surface area contributed by atoms with E-state index in [1.165, 1.54) is 16.3 Å². The van der Waals surface area contributed by atoms with E-state index in [2.05, 4.69) is 46.4 Å². The van der Waals surface area contributed by atoms with Crippen LogP contribution in [0, 0.1) is 0 Å². The summed E-state index contributed by atoms with van der Waals surface area (Å²) in [6, 6.07) is 20.3. The Morgan fingerprint density at radius 1 is 0.840 bits per heavy atom. The van der Waals surface area contributed by atoms with Crippen molar-refractivity contribution in [2.24, 2.45) is 0 Å². The topological polar surface area (TPSA) is 87.0 Å². The van der Waals surface area contributed by atoms with Gasteiger partial charge in [-0.25, -0.2) is 4.98 Å². The number of rotatable bonds is 4. The van der Waals surface area contributed by atoms with Crippen molar-refractivity contribution in [1.82, 2.24) is 9.97 Å². The molecule has 1 heterocycles. The second kappa shape index (κ2) is 6.28. The quantitative estimate of drug-likeness (QED) is 0.597. The highest BCUT2D eigenvalue weighted by Gasteiger charge is 2.10. The number of hydrogen-bond donors (Lipinski definition) is 2. The molecule has 4 N–H and O–H groups in total. The highest BCUT2D eigenvalue weighted by Crippen LogP contribution is 2.29. The largest absolute Gasteiger partial charge is 0.492 e. The molecule has 0 aliphatic rings. The summed E-state index contributed by atoms with van der Waals surface area (Å²) >= 11 is 0. The fourth-order valence-electron chi connectivity index (χ4n) is 3.10. The zero-order valence-corrected chi connectivity index (χ0v) is 13.6. The maximum absolute atomic E-state index is 6.00. The molecule has 0 aliphatic carbocycles. The van der Waals surface area contributed by atoms with Crippen LogP contribution in [0.1, 0.15) is 5.56 Å². The van der Waals surface area contributed by atoms with Crippen molar-refractivity contribution in [3.8, 4) is 5.75 Å². The van der Waals surface area contributed by atoms with E-state index >= 15 is 0 Å². The SMILES string of the molecule is Nc1nc(N)c2c(OCCc3cccc4ccccc34)cccc2n1. The Morgan fingerprint density at radius 2 is 1.64 bits per heavy atom. The van der Waals surface area contributed by atoms with Gasteiger partial charge in [0.25, 0.3) is 0 Å². The predicted molar refractivity (Wildman–Crippen MR) is 102 cm³/mol. The summed E-state index contributed by atoms with van der Waals surface area (Å²) in [5, 5.41) is 3.19. The molecule has 1 aromatic heterocycles. The molecule has 4 aromatic rings. The third kappa shape index (κ3) is 2.92. The summed E-state index contributed by atoms with van der Waals surface area (Å²) < 4.78 is 5.99. The Morgan fingerprint density at radius 3 is 2.56 bits per heavy atom. The summed E-state index contributed by atoms with van der Waals surface area (Å²) in [4.78, 5) is 8.24. The maximum atomic E-state index is 6.00. The van der Waals surface area contributed by atoms with E-state index < -0.39 is 0 Å². The lowest BCUT2D eigenvalue weighted by Gasteiger charge is -2.11. The van der Waals surface area contributed by atoms with E-state index in [9.17, 15) is 0 Å². The Labute approximate surface area is 145 Å². The predicted octanol–water partition coefficient (Wildman–Crippen LogP) is 3.57. The zero-order chi connectivity index (χ0) is 17.2. The van der Waals surface area contributed by atoms with Crippen LogP contribution in [0.25, 0.3) is 21.7 Å². The van der Waals surface area contributed by atoms with Crippen LogP contribution in [0.5, 0.6) is 5.75 Å². The lowest BCUT2D eigenvalue weighted by atomic mass is 10.0. The van der Waals surface area contributed by atoms with Crippen molar-refractivity contribution in [3.05, 3.63) is 66.2 Å². The van der Waals surface area contributed by atoms with Crippen LogP contribution in [0.15, 0.2) is 60.7 Å². The normalized spacial score (nSPS) is 11.0. The number of anilines is 2. The highest BCUT2D eigenvalue weighted by atomic mass is 16.5. The van der Waals surface area contributed by atoms with Crippen LogP contribution in [0.2, 0.25) is 0 Å². The van der Waals surface area contributed by atoms with Gasteiger partial charge in [0.1, 0.15) is 11.6 Å². The molecule has 0 saturated carbocycles. The summed E-state index contributed by atoms with van der Waals surface area (Å²) in [5.74, 6) is 1.18. The van der Waals surface area contributed by atoms with Gasteiger partial charge in [0.15, 0.2) is 0 Å². The molecule has 0 radical (unpaired) electrons. The monoisotopic (exact) mass is 330 g/mol. The van der Waals surface area contributed by atoms with E-state index in [0.29, 0.717) is 29.1 Å². The first-order valence-corrected chi connectivity index (χ1v) is 8.13. The fraction of sp³-hybridized carbons (Fsp3) is 0.100. The minimum Gasteiger partial charge on any atom is -0.492 e. The van der Waals surface area contributed by atoms with Crippen LogP contribution in [0.3, 0.4) is 0 Å². The number of nitrogens with zero attached hydrogens (tertiary/aromatic N) is 2. The number of nitrogens with two attached hydrogens (primary N) is 2. The molecular formula is C20H18N4O. The second-order valence-corrected chi connectivity index (χ2v) is 5.85. The first kappa shape index (κ1) is 15.2. The molecule has 0 bridgehead atoms. The van der Waals surface area contributed by atoms with E-state index in [4.69, 9.17) is 16.2 Å². The molecule has 5 heteroatoms. The van der Waals surface area contributed by atoms with Crippen LogP contribution in [-0.4, -0.2) is 16.6 Å². The fourth-order valence-corrected chi connectivity index (χ4v) is 3.10. The molecule has 0 spiro atoms. The summed E-state index contributed by atoms with van der Waals surface area (Å²) in [6.45, 7) is 0.539. The van der Waals surface area contributed by atoms with Crippen molar-refractivity contribution < 1.29 is 4.74 Å². The van der Waals surface area contributed by atoms with Crippen LogP contribution in [-0.2, 0) is 6.42 Å². The van der Waals surface area contributed by atoms with Gasteiger partial charge in [0.05, 0.1) is 17.5 Å². The Kier molecular flexibility index (Phi) is 3.82. The Bertz CT molecular complexity index is 1060.